The SMILES string of the molecule is CC(=O)c1c(CC(=O)OC(C)(C)C)cc2c(c1O[13C](C)=O)C(=O)c1ccccc1C2=O. The summed E-state index contributed by atoms with van der Waals surface area (Å²) in [5.74, 6) is -3.20. The lowest BCUT2D eigenvalue weighted by Crippen LogP contribution is -2.27. The van der Waals surface area contributed by atoms with E-state index in [1.54, 1.807) is 32.9 Å². The highest BCUT2D eigenvalue weighted by Gasteiger charge is 2.36. The second kappa shape index (κ2) is 7.91. The van der Waals surface area contributed by atoms with E-state index in [-0.39, 0.29) is 45.6 Å². The summed E-state index contributed by atoms with van der Waals surface area (Å²) in [5.41, 5.74) is -0.529. The molecule has 0 atom stereocenters. The van der Waals surface area contributed by atoms with Crippen LogP contribution in [0.5, 0.6) is 5.75 Å². The summed E-state index contributed by atoms with van der Waals surface area (Å²) in [6.07, 6.45) is -0.336. The van der Waals surface area contributed by atoms with Crippen molar-refractivity contribution in [3.05, 3.63) is 63.7 Å². The van der Waals surface area contributed by atoms with Crippen molar-refractivity contribution in [1.29, 1.82) is 0 Å². The number of Topliss-reactive ketones (excluding diaryl/α,β-unsaturated/α-hetero) is 1. The van der Waals surface area contributed by atoms with Crippen LogP contribution in [0.1, 0.15) is 82.4 Å². The van der Waals surface area contributed by atoms with Crippen LogP contribution >= 0.6 is 0 Å². The van der Waals surface area contributed by atoms with Crippen molar-refractivity contribution in [1.82, 2.24) is 0 Å². The molecule has 0 spiro atoms. The molecule has 0 bridgehead atoms. The number of hydrogen-bond donors (Lipinski definition) is 0. The van der Waals surface area contributed by atoms with Crippen molar-refractivity contribution >= 4 is 29.3 Å². The third-order valence-electron chi connectivity index (χ3n) is 4.60. The molecule has 1 aliphatic rings. The number of carbonyl (C=O) groups excluding carboxylic acids is 5. The third kappa shape index (κ3) is 4.30. The van der Waals surface area contributed by atoms with Gasteiger partial charge < -0.3 is 9.47 Å². The number of ketones is 3. The Morgan fingerprint density at radius 1 is 0.903 bits per heavy atom. The highest BCUT2D eigenvalue weighted by Crippen LogP contribution is 2.38. The molecule has 0 N–H and O–H groups in total. The zero-order chi connectivity index (χ0) is 23.1. The van der Waals surface area contributed by atoms with Crippen LogP contribution in [0.3, 0.4) is 0 Å². The Kier molecular flexibility index (Phi) is 5.63. The maximum atomic E-state index is 13.2. The minimum absolute atomic E-state index is 0.0245. The van der Waals surface area contributed by atoms with Crippen molar-refractivity contribution in [3.63, 3.8) is 0 Å². The van der Waals surface area contributed by atoms with E-state index in [9.17, 15) is 24.0 Å². The summed E-state index contributed by atoms with van der Waals surface area (Å²) in [7, 11) is 0. The Balaban J connectivity index is 2.28. The molecule has 1 aliphatic carbocycles. The Labute approximate surface area is 179 Å². The van der Waals surface area contributed by atoms with E-state index in [1.807, 2.05) is 0 Å². The Morgan fingerprint density at radius 2 is 1.48 bits per heavy atom. The lowest BCUT2D eigenvalue weighted by atomic mass is 9.80. The first-order valence-corrected chi connectivity index (χ1v) is 9.70. The lowest BCUT2D eigenvalue weighted by Gasteiger charge is -2.24. The zero-order valence-corrected chi connectivity index (χ0v) is 18.0. The molecule has 2 aromatic carbocycles. The van der Waals surface area contributed by atoms with Gasteiger partial charge in [0.1, 0.15) is 5.60 Å². The van der Waals surface area contributed by atoms with Crippen LogP contribution < -0.4 is 4.74 Å². The molecule has 160 valence electrons. The maximum Gasteiger partial charge on any atom is 0.310 e. The molecule has 31 heavy (non-hydrogen) atoms. The molecule has 0 heterocycles. The van der Waals surface area contributed by atoms with E-state index in [1.165, 1.54) is 25.1 Å². The van der Waals surface area contributed by atoms with Gasteiger partial charge in [-0.05, 0) is 39.3 Å². The molecule has 0 unspecified atom stereocenters. The topological polar surface area (TPSA) is 104 Å². The molecule has 0 aromatic heterocycles. The fraction of sp³-hybridized carbons (Fsp3) is 0.292. The molecular formula is C24H22O7. The van der Waals surface area contributed by atoms with Crippen LogP contribution in [0.15, 0.2) is 30.3 Å². The molecule has 0 fully saturated rings. The van der Waals surface area contributed by atoms with Crippen molar-refractivity contribution in [2.75, 3.05) is 0 Å². The highest BCUT2D eigenvalue weighted by atomic mass is 16.6. The fourth-order valence-electron chi connectivity index (χ4n) is 3.58. The van der Waals surface area contributed by atoms with Gasteiger partial charge in [-0.15, -0.1) is 0 Å². The third-order valence-corrected chi connectivity index (χ3v) is 4.60. The van der Waals surface area contributed by atoms with Crippen molar-refractivity contribution in [2.45, 2.75) is 46.6 Å². The number of carbonyl (C=O) groups is 5. The summed E-state index contributed by atoms with van der Waals surface area (Å²) < 4.78 is 10.6. The van der Waals surface area contributed by atoms with Gasteiger partial charge in [-0.3, -0.25) is 24.0 Å². The second-order valence-corrected chi connectivity index (χ2v) is 8.28. The van der Waals surface area contributed by atoms with Gasteiger partial charge in [0.15, 0.2) is 23.1 Å². The normalized spacial score (nSPS) is 12.7. The molecule has 2 aromatic rings. The van der Waals surface area contributed by atoms with Gasteiger partial charge in [-0.25, -0.2) is 0 Å². The van der Waals surface area contributed by atoms with Crippen molar-refractivity contribution < 1.29 is 33.4 Å². The largest absolute Gasteiger partial charge is 0.460 e. The molecule has 0 aliphatic heterocycles. The van der Waals surface area contributed by atoms with E-state index >= 15 is 0 Å². The van der Waals surface area contributed by atoms with Crippen LogP contribution in [-0.2, 0) is 20.7 Å². The Bertz CT molecular complexity index is 1150. The van der Waals surface area contributed by atoms with Crippen LogP contribution in [-0.4, -0.2) is 34.9 Å². The van der Waals surface area contributed by atoms with E-state index in [2.05, 4.69) is 0 Å². The van der Waals surface area contributed by atoms with Crippen molar-refractivity contribution in [2.24, 2.45) is 0 Å². The molecule has 7 nitrogen and oxygen atoms in total. The number of esters is 2. The van der Waals surface area contributed by atoms with E-state index in [0.717, 1.165) is 6.92 Å². The number of ether oxygens (including phenoxy) is 2. The Morgan fingerprint density at radius 3 is 2.00 bits per heavy atom. The smallest absolute Gasteiger partial charge is 0.310 e. The number of hydrogen-bond acceptors (Lipinski definition) is 7. The minimum atomic E-state index is -0.766. The molecule has 3 rings (SSSR count). The van der Waals surface area contributed by atoms with Gasteiger partial charge in [-0.2, -0.15) is 0 Å². The van der Waals surface area contributed by atoms with E-state index < -0.39 is 34.9 Å². The van der Waals surface area contributed by atoms with E-state index in [0.29, 0.717) is 0 Å². The fourth-order valence-corrected chi connectivity index (χ4v) is 3.58. The van der Waals surface area contributed by atoms with Gasteiger partial charge >= 0.3 is 11.9 Å². The number of fused-ring (bicyclic) bond motifs is 2. The average Bonchev–Trinajstić information content (AvgIpc) is 2.63. The molecular weight excluding hydrogens is 401 g/mol. The summed E-state index contributed by atoms with van der Waals surface area (Å²) in [6.45, 7) is 7.46. The molecule has 0 saturated carbocycles. The van der Waals surface area contributed by atoms with Crippen LogP contribution in [0.4, 0.5) is 0 Å². The first-order valence-electron chi connectivity index (χ1n) is 9.70. The summed E-state index contributed by atoms with van der Waals surface area (Å²) >= 11 is 0. The average molecular weight is 423 g/mol. The van der Waals surface area contributed by atoms with Crippen molar-refractivity contribution in [3.8, 4) is 5.75 Å². The molecule has 7 heteroatoms. The lowest BCUT2D eigenvalue weighted by molar-refractivity contribution is -0.153. The standard InChI is InChI=1S/C24H22O7/c1-12(25)19-14(11-18(27)31-24(3,4)5)10-17-20(23(19)30-13(2)26)22(29)16-9-7-6-8-15(16)21(17)28/h6-10H,11H2,1-5H3/i13+1. The van der Waals surface area contributed by atoms with Gasteiger partial charge in [0.25, 0.3) is 0 Å². The number of benzene rings is 2. The van der Waals surface area contributed by atoms with Gasteiger partial charge in [0, 0.05) is 23.6 Å². The van der Waals surface area contributed by atoms with Crippen LogP contribution in [0.2, 0.25) is 0 Å². The zero-order valence-electron chi connectivity index (χ0n) is 18.0. The first kappa shape index (κ1) is 22.1. The molecule has 0 amide bonds. The predicted octanol–water partition coefficient (Wildman–Crippen LogP) is 3.47. The quantitative estimate of drug-likeness (QED) is 0.274. The van der Waals surface area contributed by atoms with Gasteiger partial charge in [-0.1, -0.05) is 24.3 Å². The van der Waals surface area contributed by atoms with Gasteiger partial charge in [0.2, 0.25) is 0 Å². The van der Waals surface area contributed by atoms with E-state index in [4.69, 9.17) is 9.47 Å². The number of rotatable bonds is 4. The van der Waals surface area contributed by atoms with Gasteiger partial charge in [0.05, 0.1) is 17.5 Å². The second-order valence-electron chi connectivity index (χ2n) is 8.28. The van der Waals surface area contributed by atoms with Crippen LogP contribution in [0.25, 0.3) is 0 Å². The first-order chi connectivity index (χ1) is 14.4. The minimum Gasteiger partial charge on any atom is -0.460 e. The Hall–Kier alpha value is -3.61. The van der Waals surface area contributed by atoms with Crippen LogP contribution in [0, 0.1) is 0 Å². The predicted molar refractivity (Wildman–Crippen MR) is 111 cm³/mol. The monoisotopic (exact) mass is 423 g/mol. The molecule has 0 saturated heterocycles. The summed E-state index contributed by atoms with van der Waals surface area (Å²) in [6, 6.07) is 7.62. The summed E-state index contributed by atoms with van der Waals surface area (Å²) in [4.78, 5) is 63.1. The highest BCUT2D eigenvalue weighted by molar-refractivity contribution is 6.30. The molecule has 0 radical (unpaired) electrons. The summed E-state index contributed by atoms with van der Waals surface area (Å²) in [5, 5.41) is 0. The maximum absolute atomic E-state index is 13.2.